The second-order valence-electron chi connectivity index (χ2n) is 6.93. The van der Waals surface area contributed by atoms with Gasteiger partial charge in [0.2, 0.25) is 5.91 Å². The third kappa shape index (κ3) is 3.95. The largest absolute Gasteiger partial charge is 0.494 e. The number of hydrogen-bond donors (Lipinski definition) is 4. The van der Waals surface area contributed by atoms with Crippen LogP contribution in [0.2, 0.25) is 0 Å². The summed E-state index contributed by atoms with van der Waals surface area (Å²) in [6, 6.07) is 9.09. The Morgan fingerprint density at radius 3 is 2.70 bits per heavy atom. The number of aromatic nitrogens is 3. The molecule has 1 aliphatic carbocycles. The van der Waals surface area contributed by atoms with Crippen LogP contribution < -0.4 is 20.7 Å². The second kappa shape index (κ2) is 8.24. The van der Waals surface area contributed by atoms with Gasteiger partial charge in [-0.05, 0) is 31.0 Å². The highest BCUT2D eigenvalue weighted by atomic mass is 16.5. The highest BCUT2D eigenvalue weighted by Gasteiger charge is 2.30. The molecule has 4 rings (SSSR count). The molecule has 1 fully saturated rings. The lowest BCUT2D eigenvalue weighted by Gasteiger charge is -2.17. The van der Waals surface area contributed by atoms with Gasteiger partial charge in [0.1, 0.15) is 5.82 Å². The van der Waals surface area contributed by atoms with Crippen molar-refractivity contribution < 1.29 is 14.3 Å². The van der Waals surface area contributed by atoms with Crippen molar-refractivity contribution in [3.63, 3.8) is 0 Å². The fourth-order valence-electron chi connectivity index (χ4n) is 3.13. The van der Waals surface area contributed by atoms with Crippen molar-refractivity contribution in [3.05, 3.63) is 48.3 Å². The summed E-state index contributed by atoms with van der Waals surface area (Å²) in [6.07, 6.45) is 4.96. The first-order chi connectivity index (χ1) is 14.6. The zero-order valence-electron chi connectivity index (χ0n) is 16.7. The van der Waals surface area contributed by atoms with Crippen molar-refractivity contribution in [1.82, 2.24) is 20.5 Å². The highest BCUT2D eigenvalue weighted by Crippen LogP contribution is 2.38. The maximum atomic E-state index is 12.4. The summed E-state index contributed by atoms with van der Waals surface area (Å²) >= 11 is 0. The van der Waals surface area contributed by atoms with Gasteiger partial charge in [-0.2, -0.15) is 5.10 Å². The van der Waals surface area contributed by atoms with Gasteiger partial charge in [0.25, 0.3) is 5.91 Å². The molecule has 154 valence electrons. The molecule has 0 atom stereocenters. The summed E-state index contributed by atoms with van der Waals surface area (Å²) in [4.78, 5) is 28.7. The van der Waals surface area contributed by atoms with E-state index in [4.69, 9.17) is 4.74 Å². The van der Waals surface area contributed by atoms with E-state index in [1.165, 1.54) is 6.20 Å². The van der Waals surface area contributed by atoms with Crippen molar-refractivity contribution >= 4 is 29.0 Å². The first-order valence-electron chi connectivity index (χ1n) is 9.58. The lowest BCUT2D eigenvalue weighted by atomic mass is 10.1. The minimum absolute atomic E-state index is 0.0486. The molecule has 4 N–H and O–H groups in total. The number of pyridine rings is 1. The number of nitrogens with zero attached hydrogens (tertiary/aromatic N) is 2. The quantitative estimate of drug-likeness (QED) is 0.479. The highest BCUT2D eigenvalue weighted by molar-refractivity contribution is 6.01. The third-order valence-corrected chi connectivity index (χ3v) is 4.84. The number of carbonyl (C=O) groups is 2. The SMILES string of the molecule is CNC(=O)c1cnc(NC(=O)C2CC2)cc1Nc1cccc(-c2cc[nH]n2)c1OC. The van der Waals surface area contributed by atoms with E-state index >= 15 is 0 Å². The number of ether oxygens (including phenoxy) is 1. The maximum absolute atomic E-state index is 12.4. The smallest absolute Gasteiger partial charge is 0.254 e. The van der Waals surface area contributed by atoms with E-state index in [1.807, 2.05) is 24.3 Å². The molecule has 9 nitrogen and oxygen atoms in total. The Balaban J connectivity index is 1.71. The molecule has 2 heterocycles. The van der Waals surface area contributed by atoms with Crippen LogP contribution in [0.1, 0.15) is 23.2 Å². The number of aromatic amines is 1. The second-order valence-corrected chi connectivity index (χ2v) is 6.93. The molecule has 1 aromatic carbocycles. The molecule has 1 aliphatic rings. The summed E-state index contributed by atoms with van der Waals surface area (Å²) in [5.74, 6) is 0.650. The predicted octanol–water partition coefficient (Wildman–Crippen LogP) is 2.93. The topological polar surface area (TPSA) is 121 Å². The van der Waals surface area contributed by atoms with Gasteiger partial charge in [0.05, 0.1) is 29.7 Å². The number of rotatable bonds is 7. The molecule has 30 heavy (non-hydrogen) atoms. The summed E-state index contributed by atoms with van der Waals surface area (Å²) in [5, 5.41) is 15.7. The molecular formula is C21H22N6O3. The first-order valence-corrected chi connectivity index (χ1v) is 9.58. The van der Waals surface area contributed by atoms with Crippen LogP contribution in [0.15, 0.2) is 42.7 Å². The van der Waals surface area contributed by atoms with E-state index < -0.39 is 0 Å². The van der Waals surface area contributed by atoms with Crippen molar-refractivity contribution in [1.29, 1.82) is 0 Å². The van der Waals surface area contributed by atoms with Gasteiger partial charge < -0.3 is 20.7 Å². The van der Waals surface area contributed by atoms with E-state index in [-0.39, 0.29) is 17.7 Å². The molecule has 0 radical (unpaired) electrons. The van der Waals surface area contributed by atoms with Crippen molar-refractivity contribution in [3.8, 4) is 17.0 Å². The van der Waals surface area contributed by atoms with E-state index in [0.717, 1.165) is 24.1 Å². The number of carbonyl (C=O) groups excluding carboxylic acids is 2. The number of benzene rings is 1. The van der Waals surface area contributed by atoms with Gasteiger partial charge >= 0.3 is 0 Å². The van der Waals surface area contributed by atoms with Gasteiger partial charge in [-0.3, -0.25) is 14.7 Å². The third-order valence-electron chi connectivity index (χ3n) is 4.84. The van der Waals surface area contributed by atoms with Crippen LogP contribution >= 0.6 is 0 Å². The Morgan fingerprint density at radius 1 is 1.20 bits per heavy atom. The Kier molecular flexibility index (Phi) is 5.34. The van der Waals surface area contributed by atoms with Crippen LogP contribution in [-0.2, 0) is 4.79 Å². The van der Waals surface area contributed by atoms with Crippen LogP contribution in [0, 0.1) is 5.92 Å². The number of H-pyrrole nitrogens is 1. The average Bonchev–Trinajstić information content (AvgIpc) is 3.48. The summed E-state index contributed by atoms with van der Waals surface area (Å²) in [6.45, 7) is 0. The minimum atomic E-state index is -0.299. The van der Waals surface area contributed by atoms with E-state index in [2.05, 4.69) is 31.1 Å². The molecule has 9 heteroatoms. The molecule has 0 unspecified atom stereocenters. The van der Waals surface area contributed by atoms with E-state index in [0.29, 0.717) is 28.5 Å². The van der Waals surface area contributed by atoms with E-state index in [1.54, 1.807) is 26.4 Å². The normalized spacial score (nSPS) is 12.9. The molecule has 3 aromatic rings. The number of hydrogen-bond acceptors (Lipinski definition) is 6. The molecule has 0 spiro atoms. The van der Waals surface area contributed by atoms with Gasteiger partial charge in [-0.25, -0.2) is 4.98 Å². The van der Waals surface area contributed by atoms with Crippen LogP contribution in [0.5, 0.6) is 5.75 Å². The number of methoxy groups -OCH3 is 1. The number of para-hydroxylation sites is 1. The summed E-state index contributed by atoms with van der Waals surface area (Å²) in [7, 11) is 3.12. The fraction of sp³-hybridized carbons (Fsp3) is 0.238. The molecule has 2 amide bonds. The Morgan fingerprint density at radius 2 is 2.03 bits per heavy atom. The standard InChI is InChI=1S/C21H22N6O3/c1-22-21(29)14-11-23-18(26-20(28)12-6-7-12)10-17(14)25-16-5-3-4-13(19(16)30-2)15-8-9-24-27-15/h3-5,8-12H,6-7H2,1-2H3,(H,22,29)(H,24,27)(H2,23,25,26,28). The summed E-state index contributed by atoms with van der Waals surface area (Å²) in [5.41, 5.74) is 3.01. The summed E-state index contributed by atoms with van der Waals surface area (Å²) < 4.78 is 5.63. The van der Waals surface area contributed by atoms with Gasteiger partial charge in [-0.15, -0.1) is 0 Å². The molecule has 0 saturated heterocycles. The van der Waals surface area contributed by atoms with Crippen molar-refractivity contribution in [2.75, 3.05) is 24.8 Å². The van der Waals surface area contributed by atoms with E-state index in [9.17, 15) is 9.59 Å². The number of amides is 2. The Hall–Kier alpha value is -3.88. The van der Waals surface area contributed by atoms with Crippen molar-refractivity contribution in [2.45, 2.75) is 12.8 Å². The predicted molar refractivity (Wildman–Crippen MR) is 113 cm³/mol. The minimum Gasteiger partial charge on any atom is -0.494 e. The lowest BCUT2D eigenvalue weighted by Crippen LogP contribution is -2.20. The van der Waals surface area contributed by atoms with Crippen LogP contribution in [0.25, 0.3) is 11.3 Å². The number of anilines is 3. The van der Waals surface area contributed by atoms with Crippen LogP contribution in [0.4, 0.5) is 17.2 Å². The molecule has 1 saturated carbocycles. The van der Waals surface area contributed by atoms with Gasteiger partial charge in [0.15, 0.2) is 5.75 Å². The molecular weight excluding hydrogens is 384 g/mol. The van der Waals surface area contributed by atoms with Crippen molar-refractivity contribution in [2.24, 2.45) is 5.92 Å². The fourth-order valence-corrected chi connectivity index (χ4v) is 3.13. The monoisotopic (exact) mass is 406 g/mol. The lowest BCUT2D eigenvalue weighted by molar-refractivity contribution is -0.117. The molecule has 2 aromatic heterocycles. The van der Waals surface area contributed by atoms with Gasteiger partial charge in [0, 0.05) is 37.0 Å². The zero-order chi connectivity index (χ0) is 21.1. The molecule has 0 aliphatic heterocycles. The zero-order valence-corrected chi connectivity index (χ0v) is 16.7. The average molecular weight is 406 g/mol. The Labute approximate surface area is 173 Å². The van der Waals surface area contributed by atoms with Crippen LogP contribution in [-0.4, -0.2) is 41.2 Å². The first kappa shape index (κ1) is 19.4. The number of nitrogens with one attached hydrogen (secondary N) is 4. The Bertz CT molecular complexity index is 1080. The van der Waals surface area contributed by atoms with Gasteiger partial charge in [-0.1, -0.05) is 6.07 Å². The molecule has 0 bridgehead atoms. The maximum Gasteiger partial charge on any atom is 0.254 e. The van der Waals surface area contributed by atoms with Crippen LogP contribution in [0.3, 0.4) is 0 Å².